The first kappa shape index (κ1) is 27.8. The van der Waals surface area contributed by atoms with Gasteiger partial charge in [-0.1, -0.05) is 12.1 Å². The van der Waals surface area contributed by atoms with Crippen molar-refractivity contribution < 1.29 is 33.0 Å². The van der Waals surface area contributed by atoms with Gasteiger partial charge in [0.25, 0.3) is 5.91 Å². The maximum Gasteiger partial charge on any atom is 0.292 e. The number of nitrogens with one attached hydrogen (secondary N) is 1. The van der Waals surface area contributed by atoms with Gasteiger partial charge in [-0.3, -0.25) is 14.3 Å². The number of benzene rings is 3. The van der Waals surface area contributed by atoms with Crippen LogP contribution in [0.15, 0.2) is 60.8 Å². The summed E-state index contributed by atoms with van der Waals surface area (Å²) in [5.74, 6) is -2.46. The molecule has 9 nitrogen and oxygen atoms in total. The zero-order valence-corrected chi connectivity index (χ0v) is 22.8. The summed E-state index contributed by atoms with van der Waals surface area (Å²) in [5.41, 5.74) is 1.88. The fourth-order valence-electron chi connectivity index (χ4n) is 5.44. The maximum atomic E-state index is 14.8. The Morgan fingerprint density at radius 2 is 1.76 bits per heavy atom. The highest BCUT2D eigenvalue weighted by Crippen LogP contribution is 2.36. The molecule has 6 rings (SSSR count). The minimum absolute atomic E-state index is 0.0103. The molecule has 3 aromatic carbocycles. The Hall–Kier alpha value is -4.35. The Labute approximate surface area is 240 Å². The van der Waals surface area contributed by atoms with Crippen LogP contribution < -0.4 is 14.8 Å². The first-order valence-electron chi connectivity index (χ1n) is 13.9. The number of aliphatic hydroxyl groups excluding tert-OH is 1. The number of fused-ring (bicyclic) bond motifs is 2. The average molecular weight is 577 g/mol. The van der Waals surface area contributed by atoms with Crippen LogP contribution in [-0.4, -0.2) is 70.4 Å². The summed E-state index contributed by atoms with van der Waals surface area (Å²) in [6.07, 6.45) is 2.43. The molecule has 3 heterocycles. The molecule has 2 aliphatic rings. The van der Waals surface area contributed by atoms with Crippen LogP contribution in [0.3, 0.4) is 0 Å². The van der Waals surface area contributed by atoms with E-state index in [0.717, 1.165) is 31.5 Å². The van der Waals surface area contributed by atoms with E-state index >= 15 is 0 Å². The van der Waals surface area contributed by atoms with Crippen LogP contribution in [0.2, 0.25) is 0 Å². The van der Waals surface area contributed by atoms with Crippen LogP contribution in [0.5, 0.6) is 11.5 Å². The van der Waals surface area contributed by atoms with E-state index in [2.05, 4.69) is 15.3 Å². The predicted molar refractivity (Wildman–Crippen MR) is 150 cm³/mol. The lowest BCUT2D eigenvalue weighted by Crippen LogP contribution is -2.48. The third-order valence-corrected chi connectivity index (χ3v) is 7.59. The molecule has 0 spiro atoms. The van der Waals surface area contributed by atoms with Gasteiger partial charge in [0, 0.05) is 23.7 Å². The first-order chi connectivity index (χ1) is 20.3. The van der Waals surface area contributed by atoms with Gasteiger partial charge in [0.15, 0.2) is 17.3 Å². The quantitative estimate of drug-likeness (QED) is 0.232. The number of ether oxygens (including phenoxy) is 2. The Balaban J connectivity index is 1.20. The molecule has 218 valence electrons. The van der Waals surface area contributed by atoms with Gasteiger partial charge in [-0.25, -0.2) is 8.78 Å². The van der Waals surface area contributed by atoms with Crippen molar-refractivity contribution in [3.05, 3.63) is 89.1 Å². The molecule has 42 heavy (non-hydrogen) atoms. The highest BCUT2D eigenvalue weighted by molar-refractivity contribution is 6.43. The number of aromatic nitrogens is 2. The Morgan fingerprint density at radius 1 is 1.00 bits per heavy atom. The fourth-order valence-corrected chi connectivity index (χ4v) is 5.44. The van der Waals surface area contributed by atoms with Gasteiger partial charge in [-0.2, -0.15) is 5.10 Å². The molecule has 1 aromatic heterocycles. The van der Waals surface area contributed by atoms with Crippen molar-refractivity contribution in [2.45, 2.75) is 31.5 Å². The summed E-state index contributed by atoms with van der Waals surface area (Å²) < 4.78 is 40.5. The summed E-state index contributed by atoms with van der Waals surface area (Å²) in [6.45, 7) is 2.76. The molecule has 11 heteroatoms. The third kappa shape index (κ3) is 5.97. The number of carbonyl (C=O) groups excluding carboxylic acids is 2. The number of nitrogens with zero attached hydrogens (tertiary/aromatic N) is 3. The van der Waals surface area contributed by atoms with Crippen LogP contribution in [0, 0.1) is 11.6 Å². The van der Waals surface area contributed by atoms with Crippen LogP contribution in [0.25, 0.3) is 10.9 Å². The Bertz CT molecular complexity index is 1620. The minimum atomic E-state index is -1.31. The van der Waals surface area contributed by atoms with Crippen LogP contribution in [-0.2, 0) is 11.3 Å². The van der Waals surface area contributed by atoms with Gasteiger partial charge < -0.3 is 24.8 Å². The molecule has 0 bridgehead atoms. The number of hydrogen-bond donors (Lipinski definition) is 2. The number of ketones is 1. The van der Waals surface area contributed by atoms with Crippen molar-refractivity contribution in [3.8, 4) is 11.5 Å². The zero-order valence-electron chi connectivity index (χ0n) is 22.8. The molecule has 1 amide bonds. The predicted octanol–water partition coefficient (Wildman–Crippen LogP) is 3.63. The van der Waals surface area contributed by atoms with Crippen LogP contribution >= 0.6 is 0 Å². The summed E-state index contributed by atoms with van der Waals surface area (Å²) in [5, 5.41) is 19.2. The second-order valence-electron chi connectivity index (χ2n) is 10.6. The number of aliphatic hydroxyl groups is 1. The van der Waals surface area contributed by atoms with E-state index < -0.39 is 29.7 Å². The lowest BCUT2D eigenvalue weighted by atomic mass is 9.99. The monoisotopic (exact) mass is 576 g/mol. The molecule has 1 fully saturated rings. The van der Waals surface area contributed by atoms with Gasteiger partial charge in [0.05, 0.1) is 18.1 Å². The number of hydrogen-bond acceptors (Lipinski definition) is 7. The highest BCUT2D eigenvalue weighted by atomic mass is 19.1. The molecule has 4 aromatic rings. The molecule has 0 aliphatic carbocycles. The van der Waals surface area contributed by atoms with Crippen molar-refractivity contribution in [1.29, 1.82) is 0 Å². The number of Topliss-reactive ketones (excluding diaryl/α,β-unsaturated/α-hetero) is 1. The molecular formula is C31H30F2N4O5. The molecular weight excluding hydrogens is 546 g/mol. The fraction of sp³-hybridized carbons (Fsp3) is 0.323. The molecule has 0 saturated carbocycles. The summed E-state index contributed by atoms with van der Waals surface area (Å²) >= 11 is 0. The maximum absolute atomic E-state index is 14.8. The molecule has 1 saturated heterocycles. The van der Waals surface area contributed by atoms with E-state index in [9.17, 15) is 23.5 Å². The van der Waals surface area contributed by atoms with Gasteiger partial charge in [0.1, 0.15) is 25.1 Å². The Morgan fingerprint density at radius 3 is 2.55 bits per heavy atom. The number of likely N-dealkylation sites (tertiary alicyclic amines) is 1. The number of carbonyl (C=O) groups is 2. The number of rotatable bonds is 9. The SMILES string of the molecule is O=C(NC(CN1CCCC1)C(O)c1cc(F)c2c(c1)OCCO2)C(=O)c1ccc2nn(Cc3ccc(F)cc3)cc2c1. The van der Waals surface area contributed by atoms with E-state index in [0.29, 0.717) is 17.4 Å². The number of halogens is 2. The smallest absolute Gasteiger partial charge is 0.292 e. The van der Waals surface area contributed by atoms with Crippen LogP contribution in [0.4, 0.5) is 8.78 Å². The van der Waals surface area contributed by atoms with E-state index in [4.69, 9.17) is 9.47 Å². The van der Waals surface area contributed by atoms with Crippen LogP contribution in [0.1, 0.15) is 40.4 Å². The van der Waals surface area contributed by atoms with Gasteiger partial charge in [0.2, 0.25) is 5.78 Å². The van der Waals surface area contributed by atoms with E-state index in [1.807, 2.05) is 0 Å². The van der Waals surface area contributed by atoms with Gasteiger partial charge in [-0.15, -0.1) is 0 Å². The van der Waals surface area contributed by atoms with E-state index in [-0.39, 0.29) is 48.2 Å². The lowest BCUT2D eigenvalue weighted by molar-refractivity contribution is -0.118. The normalized spacial score (nSPS) is 16.4. The standard InChI is InChI=1S/C31H30F2N4O5/c32-23-6-3-19(4-7-23)16-37-17-22-13-20(5-8-25(22)35-37)29(39)31(40)34-26(18-36-9-1-2-10-36)28(38)21-14-24(33)30-27(15-21)41-11-12-42-30/h3-8,13-15,17,26,28,38H,1-2,9-12,16,18H2,(H,34,40). The molecule has 2 aliphatic heterocycles. The van der Waals surface area contributed by atoms with E-state index in [1.54, 1.807) is 35.1 Å². The number of amides is 1. The van der Waals surface area contributed by atoms with Crippen molar-refractivity contribution in [2.24, 2.45) is 0 Å². The first-order valence-corrected chi connectivity index (χ1v) is 13.9. The Kier molecular flexibility index (Phi) is 7.86. The van der Waals surface area contributed by atoms with Gasteiger partial charge >= 0.3 is 0 Å². The molecule has 2 atom stereocenters. The van der Waals surface area contributed by atoms with Gasteiger partial charge in [-0.05, 0) is 79.5 Å². The van der Waals surface area contributed by atoms with Crippen molar-refractivity contribution in [2.75, 3.05) is 32.8 Å². The summed E-state index contributed by atoms with van der Waals surface area (Å²) in [6, 6.07) is 12.7. The van der Waals surface area contributed by atoms with Crippen molar-refractivity contribution in [3.63, 3.8) is 0 Å². The molecule has 2 N–H and O–H groups in total. The van der Waals surface area contributed by atoms with Crippen molar-refractivity contribution in [1.82, 2.24) is 20.0 Å². The topological polar surface area (TPSA) is 106 Å². The minimum Gasteiger partial charge on any atom is -0.486 e. The lowest BCUT2D eigenvalue weighted by Gasteiger charge is -2.29. The zero-order chi connectivity index (χ0) is 29.2. The highest BCUT2D eigenvalue weighted by Gasteiger charge is 2.31. The van der Waals surface area contributed by atoms with E-state index in [1.165, 1.54) is 30.3 Å². The largest absolute Gasteiger partial charge is 0.486 e. The third-order valence-electron chi connectivity index (χ3n) is 7.59. The molecule has 2 unspecified atom stereocenters. The van der Waals surface area contributed by atoms with Crippen molar-refractivity contribution >= 4 is 22.6 Å². The summed E-state index contributed by atoms with van der Waals surface area (Å²) in [4.78, 5) is 28.5. The second kappa shape index (κ2) is 11.9. The average Bonchev–Trinajstić information content (AvgIpc) is 3.66. The second-order valence-corrected chi connectivity index (χ2v) is 10.6. The summed E-state index contributed by atoms with van der Waals surface area (Å²) in [7, 11) is 0. The molecule has 0 radical (unpaired) electrons.